The van der Waals surface area contributed by atoms with Crippen LogP contribution in [0.3, 0.4) is 0 Å². The van der Waals surface area contributed by atoms with Crippen LogP contribution in [0.15, 0.2) is 72.9 Å². The Morgan fingerprint density at radius 3 is 2.58 bits per heavy atom. The molecule has 5 nitrogen and oxygen atoms in total. The second-order valence-corrected chi connectivity index (χ2v) is 9.01. The summed E-state index contributed by atoms with van der Waals surface area (Å²) in [6.45, 7) is 4.49. The third-order valence-corrected chi connectivity index (χ3v) is 6.34. The number of ether oxygens (including phenoxy) is 2. The van der Waals surface area contributed by atoms with Crippen molar-refractivity contribution in [3.63, 3.8) is 0 Å². The van der Waals surface area contributed by atoms with Crippen LogP contribution in [-0.2, 0) is 26.2 Å². The Bertz CT molecular complexity index is 1320. The van der Waals surface area contributed by atoms with Gasteiger partial charge < -0.3 is 14.0 Å². The van der Waals surface area contributed by atoms with Crippen molar-refractivity contribution < 1.29 is 18.3 Å². The molecule has 0 fully saturated rings. The van der Waals surface area contributed by atoms with Crippen molar-refractivity contribution in [1.29, 1.82) is 0 Å². The number of aromatic nitrogens is 2. The Kier molecular flexibility index (Phi) is 7.28. The summed E-state index contributed by atoms with van der Waals surface area (Å²) < 4.78 is 41.8. The highest BCUT2D eigenvalue weighted by atomic mass is 19.1. The zero-order valence-corrected chi connectivity index (χ0v) is 20.3. The summed E-state index contributed by atoms with van der Waals surface area (Å²) in [6, 6.07) is 19.5. The molecule has 7 heteroatoms. The molecule has 0 unspecified atom stereocenters. The van der Waals surface area contributed by atoms with Crippen LogP contribution < -0.4 is 9.47 Å². The third-order valence-electron chi connectivity index (χ3n) is 6.34. The fourth-order valence-corrected chi connectivity index (χ4v) is 4.52. The largest absolute Gasteiger partial charge is 0.454 e. The summed E-state index contributed by atoms with van der Waals surface area (Å²) in [6.07, 6.45) is 3.97. The number of nitrogens with zero attached hydrogens (tertiary/aromatic N) is 3. The number of halogens is 2. The van der Waals surface area contributed by atoms with E-state index in [2.05, 4.69) is 28.5 Å². The maximum Gasteiger partial charge on any atom is 0.231 e. The summed E-state index contributed by atoms with van der Waals surface area (Å²) >= 11 is 0. The molecule has 0 aliphatic carbocycles. The van der Waals surface area contributed by atoms with E-state index in [4.69, 9.17) is 14.5 Å². The molecule has 1 aromatic heterocycles. The normalized spacial score (nSPS) is 12.4. The lowest BCUT2D eigenvalue weighted by molar-refractivity contribution is 0.174. The van der Waals surface area contributed by atoms with Gasteiger partial charge in [-0.25, -0.2) is 13.8 Å². The lowest BCUT2D eigenvalue weighted by Crippen LogP contribution is -2.25. The number of fused-ring (bicyclic) bond motifs is 1. The van der Waals surface area contributed by atoms with Crippen molar-refractivity contribution >= 4 is 0 Å². The highest BCUT2D eigenvalue weighted by molar-refractivity contribution is 5.56. The molecule has 1 aliphatic rings. The van der Waals surface area contributed by atoms with Gasteiger partial charge in [0.15, 0.2) is 11.5 Å². The minimum atomic E-state index is -0.450. The number of imidazole rings is 1. The maximum absolute atomic E-state index is 14.6. The molecular formula is C29H29F2N3O2. The third kappa shape index (κ3) is 5.41. The molecule has 0 saturated carbocycles. The number of hydrogen-bond acceptors (Lipinski definition) is 4. The van der Waals surface area contributed by atoms with Crippen LogP contribution >= 0.6 is 0 Å². The minimum Gasteiger partial charge on any atom is -0.454 e. The fraction of sp³-hybridized carbons (Fsp3) is 0.276. The molecule has 4 aromatic rings. The SMILES string of the molecule is CCCCn1c(CN(Cc2ccc3c(c2)OCO3)Cc2cc(F)ccc2F)cnc1-c1ccccc1. The van der Waals surface area contributed by atoms with Gasteiger partial charge in [-0.05, 0) is 42.3 Å². The van der Waals surface area contributed by atoms with E-state index >= 15 is 0 Å². The summed E-state index contributed by atoms with van der Waals surface area (Å²) in [4.78, 5) is 6.85. The van der Waals surface area contributed by atoms with Crippen LogP contribution in [-0.4, -0.2) is 21.2 Å². The van der Waals surface area contributed by atoms with Crippen LogP contribution in [0.1, 0.15) is 36.6 Å². The van der Waals surface area contributed by atoms with Gasteiger partial charge in [-0.2, -0.15) is 0 Å². The Labute approximate surface area is 209 Å². The molecule has 36 heavy (non-hydrogen) atoms. The van der Waals surface area contributed by atoms with E-state index in [-0.39, 0.29) is 13.3 Å². The maximum atomic E-state index is 14.6. The van der Waals surface area contributed by atoms with Crippen molar-refractivity contribution in [2.45, 2.75) is 45.9 Å². The minimum absolute atomic E-state index is 0.204. The van der Waals surface area contributed by atoms with E-state index in [1.54, 1.807) is 0 Å². The van der Waals surface area contributed by atoms with Crippen molar-refractivity contribution in [2.75, 3.05) is 6.79 Å². The topological polar surface area (TPSA) is 39.5 Å². The predicted molar refractivity (Wildman–Crippen MR) is 134 cm³/mol. The van der Waals surface area contributed by atoms with E-state index < -0.39 is 11.6 Å². The smallest absolute Gasteiger partial charge is 0.231 e. The van der Waals surface area contributed by atoms with Gasteiger partial charge in [0.05, 0.1) is 11.9 Å². The Morgan fingerprint density at radius 2 is 1.75 bits per heavy atom. The first-order valence-electron chi connectivity index (χ1n) is 12.3. The van der Waals surface area contributed by atoms with E-state index in [0.29, 0.717) is 30.2 Å². The molecule has 0 N–H and O–H groups in total. The van der Waals surface area contributed by atoms with E-state index in [1.807, 2.05) is 42.6 Å². The van der Waals surface area contributed by atoms with Crippen molar-refractivity contribution in [3.8, 4) is 22.9 Å². The van der Waals surface area contributed by atoms with Gasteiger partial charge >= 0.3 is 0 Å². The average molecular weight is 490 g/mol. The van der Waals surface area contributed by atoms with Gasteiger partial charge in [0.2, 0.25) is 6.79 Å². The molecule has 0 radical (unpaired) electrons. The molecular weight excluding hydrogens is 460 g/mol. The molecule has 0 bridgehead atoms. The van der Waals surface area contributed by atoms with Crippen molar-refractivity contribution in [1.82, 2.24) is 14.5 Å². The second-order valence-electron chi connectivity index (χ2n) is 9.01. The number of rotatable bonds is 10. The van der Waals surface area contributed by atoms with Gasteiger partial charge in [0.25, 0.3) is 0 Å². The lowest BCUT2D eigenvalue weighted by Gasteiger charge is -2.24. The first kappa shape index (κ1) is 24.0. The van der Waals surface area contributed by atoms with Crippen molar-refractivity contribution in [2.24, 2.45) is 0 Å². The van der Waals surface area contributed by atoms with Gasteiger partial charge in [0, 0.05) is 37.3 Å². The first-order chi connectivity index (χ1) is 17.6. The number of hydrogen-bond donors (Lipinski definition) is 0. The van der Waals surface area contributed by atoms with Crippen LogP contribution in [0, 0.1) is 11.6 Å². The molecule has 0 saturated heterocycles. The van der Waals surface area contributed by atoms with E-state index in [0.717, 1.165) is 48.1 Å². The van der Waals surface area contributed by atoms with Gasteiger partial charge in [-0.1, -0.05) is 49.7 Å². The molecule has 3 aromatic carbocycles. The highest BCUT2D eigenvalue weighted by Gasteiger charge is 2.19. The molecule has 0 amide bonds. The Hall–Kier alpha value is -3.71. The van der Waals surface area contributed by atoms with Crippen LogP contribution in [0.2, 0.25) is 0 Å². The summed E-state index contributed by atoms with van der Waals surface area (Å²) in [5.74, 6) is 1.46. The number of benzene rings is 3. The quantitative estimate of drug-likeness (QED) is 0.253. The zero-order valence-electron chi connectivity index (χ0n) is 20.3. The first-order valence-corrected chi connectivity index (χ1v) is 12.3. The van der Waals surface area contributed by atoms with Crippen molar-refractivity contribution in [3.05, 3.63) is 101 Å². The van der Waals surface area contributed by atoms with E-state index in [9.17, 15) is 8.78 Å². The van der Waals surface area contributed by atoms with Gasteiger partial charge in [-0.15, -0.1) is 0 Å². The highest BCUT2D eigenvalue weighted by Crippen LogP contribution is 2.33. The predicted octanol–water partition coefficient (Wildman–Crippen LogP) is 6.56. The second kappa shape index (κ2) is 10.9. The van der Waals surface area contributed by atoms with E-state index in [1.165, 1.54) is 12.1 Å². The molecule has 186 valence electrons. The van der Waals surface area contributed by atoms with Gasteiger partial charge in [-0.3, -0.25) is 4.90 Å². The summed E-state index contributed by atoms with van der Waals surface area (Å²) in [5, 5.41) is 0. The molecule has 2 heterocycles. The molecule has 0 atom stereocenters. The summed E-state index contributed by atoms with van der Waals surface area (Å²) in [5.41, 5.74) is 3.40. The fourth-order valence-electron chi connectivity index (χ4n) is 4.52. The standard InChI is InChI=1S/C29H29F2N3O2/c1-2-3-13-34-25(16-32-29(34)22-7-5-4-6-8-22)19-33(18-23-15-24(30)10-11-26(23)31)17-21-9-12-27-28(14-21)36-20-35-27/h4-12,14-16H,2-3,13,17-20H2,1H3. The van der Waals surface area contributed by atoms with Crippen LogP contribution in [0.5, 0.6) is 11.5 Å². The van der Waals surface area contributed by atoms with Crippen LogP contribution in [0.4, 0.5) is 8.78 Å². The summed E-state index contributed by atoms with van der Waals surface area (Å²) in [7, 11) is 0. The monoisotopic (exact) mass is 489 g/mol. The zero-order chi connectivity index (χ0) is 24.9. The Morgan fingerprint density at radius 1 is 0.917 bits per heavy atom. The Balaban J connectivity index is 1.47. The molecule has 0 spiro atoms. The lowest BCUT2D eigenvalue weighted by atomic mass is 10.1. The van der Waals surface area contributed by atoms with Gasteiger partial charge in [0.1, 0.15) is 17.5 Å². The molecule has 1 aliphatic heterocycles. The molecule has 5 rings (SSSR count). The average Bonchev–Trinajstić information content (AvgIpc) is 3.52. The van der Waals surface area contributed by atoms with Crippen LogP contribution in [0.25, 0.3) is 11.4 Å². The number of unbranched alkanes of at least 4 members (excludes halogenated alkanes) is 1.